The van der Waals surface area contributed by atoms with Crippen LogP contribution >= 0.6 is 0 Å². The number of amides is 1. The minimum Gasteiger partial charge on any atom is -0.268 e. The molecule has 0 unspecified atom stereocenters. The normalized spacial score (nSPS) is 12.0. The molecule has 148 valence electrons. The second kappa shape index (κ2) is 7.67. The molecule has 0 aliphatic heterocycles. The van der Waals surface area contributed by atoms with E-state index in [4.69, 9.17) is 5.14 Å². The lowest BCUT2D eigenvalue weighted by Crippen LogP contribution is -2.32. The monoisotopic (exact) mass is 422 g/mol. The summed E-state index contributed by atoms with van der Waals surface area (Å²) in [6.07, 6.45) is 2.24. The van der Waals surface area contributed by atoms with E-state index < -0.39 is 35.7 Å². The van der Waals surface area contributed by atoms with Gasteiger partial charge in [0.25, 0.3) is 15.9 Å². The summed E-state index contributed by atoms with van der Waals surface area (Å²) in [7, 11) is -8.81. The molecule has 0 saturated heterocycles. The zero-order chi connectivity index (χ0) is 21.2. The highest BCUT2D eigenvalue weighted by molar-refractivity contribution is 7.92. The van der Waals surface area contributed by atoms with E-state index >= 15 is 0 Å². The molecule has 0 aliphatic carbocycles. The Bertz CT molecular complexity index is 1170. The van der Waals surface area contributed by atoms with Gasteiger partial charge in [-0.3, -0.25) is 4.79 Å². The summed E-state index contributed by atoms with van der Waals surface area (Å²) in [4.78, 5) is 18.8. The summed E-state index contributed by atoms with van der Waals surface area (Å²) in [5, 5.41) is 5.03. The number of primary sulfonamides is 1. The number of hydrogen-bond donors (Lipinski definition) is 2. The molecule has 0 saturated carbocycles. The predicted octanol–water partition coefficient (Wildman–Crippen LogP) is 0.640. The Morgan fingerprint density at radius 1 is 1.04 bits per heavy atom. The number of aromatic nitrogens is 2. The van der Waals surface area contributed by atoms with Crippen molar-refractivity contribution in [2.45, 2.75) is 30.6 Å². The molecule has 28 heavy (non-hydrogen) atoms. The van der Waals surface area contributed by atoms with E-state index in [2.05, 4.69) is 21.8 Å². The second-order valence-electron chi connectivity index (χ2n) is 6.72. The van der Waals surface area contributed by atoms with Crippen LogP contribution in [0.25, 0.3) is 0 Å². The molecule has 0 aliphatic rings. The lowest BCUT2D eigenvalue weighted by molar-refractivity contribution is 0.0980. The predicted molar refractivity (Wildman–Crippen MR) is 101 cm³/mol. The van der Waals surface area contributed by atoms with Gasteiger partial charge in [0.1, 0.15) is 9.79 Å². The van der Waals surface area contributed by atoms with Crippen LogP contribution in [0, 0.1) is 17.3 Å². The van der Waals surface area contributed by atoms with Crippen LogP contribution in [-0.2, 0) is 20.0 Å². The van der Waals surface area contributed by atoms with Crippen LogP contribution in [0.4, 0.5) is 0 Å². The van der Waals surface area contributed by atoms with E-state index in [9.17, 15) is 21.6 Å². The summed E-state index contributed by atoms with van der Waals surface area (Å²) >= 11 is 0. The van der Waals surface area contributed by atoms with Crippen molar-refractivity contribution in [1.82, 2.24) is 14.7 Å². The van der Waals surface area contributed by atoms with Gasteiger partial charge in [0.2, 0.25) is 15.8 Å². The van der Waals surface area contributed by atoms with Crippen molar-refractivity contribution in [2.75, 3.05) is 0 Å². The summed E-state index contributed by atoms with van der Waals surface area (Å²) in [6, 6.07) is 4.67. The highest BCUT2D eigenvalue weighted by Crippen LogP contribution is 2.19. The second-order valence-corrected chi connectivity index (χ2v) is 9.90. The Morgan fingerprint density at radius 3 is 2.07 bits per heavy atom. The van der Waals surface area contributed by atoms with Crippen LogP contribution in [0.5, 0.6) is 0 Å². The molecule has 9 nitrogen and oxygen atoms in total. The minimum absolute atomic E-state index is 0.141. The molecule has 2 rings (SSSR count). The number of sulfonamides is 2. The SMILES string of the molecule is CC(C)(C)C#Cc1ncc(C(=O)NS(=O)(=O)c2ccccc2S(N)(=O)=O)cn1. The number of nitrogens with two attached hydrogens (primary N) is 1. The van der Waals surface area contributed by atoms with E-state index in [-0.39, 0.29) is 16.8 Å². The molecular formula is C17H18N4O5S2. The number of nitrogens with zero attached hydrogens (tertiary/aromatic N) is 2. The average Bonchev–Trinajstić information content (AvgIpc) is 2.58. The number of carbonyl (C=O) groups is 1. The molecule has 3 N–H and O–H groups in total. The van der Waals surface area contributed by atoms with Crippen molar-refractivity contribution in [2.24, 2.45) is 10.6 Å². The van der Waals surface area contributed by atoms with Gasteiger partial charge in [-0.05, 0) is 38.8 Å². The molecule has 1 heterocycles. The summed E-state index contributed by atoms with van der Waals surface area (Å²) in [6.45, 7) is 5.73. The third kappa shape index (κ3) is 5.59. The van der Waals surface area contributed by atoms with E-state index in [0.29, 0.717) is 0 Å². The fourth-order valence-electron chi connectivity index (χ4n) is 1.90. The van der Waals surface area contributed by atoms with Crippen molar-refractivity contribution in [1.29, 1.82) is 0 Å². The van der Waals surface area contributed by atoms with Gasteiger partial charge in [-0.25, -0.2) is 36.7 Å². The zero-order valence-corrected chi connectivity index (χ0v) is 16.9. The van der Waals surface area contributed by atoms with Gasteiger partial charge >= 0.3 is 0 Å². The number of hydrogen-bond acceptors (Lipinski definition) is 7. The minimum atomic E-state index is -4.50. The van der Waals surface area contributed by atoms with Gasteiger partial charge in [-0.2, -0.15) is 0 Å². The van der Waals surface area contributed by atoms with Crippen molar-refractivity contribution in [3.8, 4) is 11.8 Å². The maximum atomic E-state index is 12.4. The maximum Gasteiger partial charge on any atom is 0.268 e. The topological polar surface area (TPSA) is 149 Å². The zero-order valence-electron chi connectivity index (χ0n) is 15.3. The smallest absolute Gasteiger partial charge is 0.268 e. The first-order chi connectivity index (χ1) is 12.8. The first-order valence-corrected chi connectivity index (χ1v) is 10.9. The van der Waals surface area contributed by atoms with E-state index in [1.807, 2.05) is 20.8 Å². The van der Waals surface area contributed by atoms with Crippen LogP contribution in [0.2, 0.25) is 0 Å². The molecule has 11 heteroatoms. The molecule has 0 bridgehead atoms. The first-order valence-electron chi connectivity index (χ1n) is 7.84. The molecule has 2 aromatic rings. The molecule has 1 aromatic carbocycles. The van der Waals surface area contributed by atoms with Gasteiger partial charge in [0.05, 0.1) is 5.56 Å². The molecule has 0 radical (unpaired) electrons. The molecule has 0 spiro atoms. The average molecular weight is 422 g/mol. The fraction of sp³-hybridized carbons (Fsp3) is 0.235. The number of nitrogens with one attached hydrogen (secondary N) is 1. The van der Waals surface area contributed by atoms with Gasteiger partial charge in [-0.1, -0.05) is 18.1 Å². The summed E-state index contributed by atoms with van der Waals surface area (Å²) in [5.74, 6) is 4.82. The van der Waals surface area contributed by atoms with Crippen LogP contribution in [0.15, 0.2) is 46.5 Å². The molecule has 0 atom stereocenters. The van der Waals surface area contributed by atoms with Gasteiger partial charge < -0.3 is 0 Å². The first kappa shape index (κ1) is 21.5. The van der Waals surface area contributed by atoms with Crippen molar-refractivity contribution in [3.05, 3.63) is 48.0 Å². The highest BCUT2D eigenvalue weighted by atomic mass is 32.2. The maximum absolute atomic E-state index is 12.4. The molecule has 1 aromatic heterocycles. The van der Waals surface area contributed by atoms with Crippen LogP contribution in [0.3, 0.4) is 0 Å². The Labute approximate surface area is 163 Å². The van der Waals surface area contributed by atoms with Crippen molar-refractivity contribution in [3.63, 3.8) is 0 Å². The van der Waals surface area contributed by atoms with Crippen LogP contribution in [-0.4, -0.2) is 32.7 Å². The Hall–Kier alpha value is -2.81. The number of rotatable bonds is 4. The van der Waals surface area contributed by atoms with Crippen LogP contribution in [0.1, 0.15) is 37.0 Å². The molecular weight excluding hydrogens is 404 g/mol. The lowest BCUT2D eigenvalue weighted by atomic mass is 9.98. The van der Waals surface area contributed by atoms with E-state index in [0.717, 1.165) is 24.5 Å². The van der Waals surface area contributed by atoms with E-state index in [1.165, 1.54) is 12.1 Å². The van der Waals surface area contributed by atoms with Crippen molar-refractivity contribution >= 4 is 26.0 Å². The van der Waals surface area contributed by atoms with Crippen molar-refractivity contribution < 1.29 is 21.6 Å². The fourth-order valence-corrected chi connectivity index (χ4v) is 4.25. The number of carbonyl (C=O) groups excluding carboxylic acids is 1. The Morgan fingerprint density at radius 2 is 1.57 bits per heavy atom. The van der Waals surface area contributed by atoms with E-state index in [1.54, 1.807) is 4.72 Å². The third-order valence-electron chi connectivity index (χ3n) is 3.14. The summed E-state index contributed by atoms with van der Waals surface area (Å²) < 4.78 is 49.9. The number of benzene rings is 1. The van der Waals surface area contributed by atoms with Gasteiger partial charge in [-0.15, -0.1) is 0 Å². The third-order valence-corrected chi connectivity index (χ3v) is 5.62. The van der Waals surface area contributed by atoms with Gasteiger partial charge in [0, 0.05) is 17.8 Å². The van der Waals surface area contributed by atoms with Gasteiger partial charge in [0.15, 0.2) is 0 Å². The highest BCUT2D eigenvalue weighted by Gasteiger charge is 2.26. The Balaban J connectivity index is 2.29. The van der Waals surface area contributed by atoms with Crippen LogP contribution < -0.4 is 9.86 Å². The molecule has 0 fully saturated rings. The Kier molecular flexibility index (Phi) is 5.88. The molecule has 1 amide bonds. The largest absolute Gasteiger partial charge is 0.268 e. The lowest BCUT2D eigenvalue weighted by Gasteiger charge is -2.10. The standard InChI is InChI=1S/C17H18N4O5S2/c1-17(2,3)9-8-15-19-10-12(11-20-15)16(22)21-28(25,26)14-7-5-4-6-13(14)27(18,23)24/h4-7,10-11H,1-3H3,(H,21,22)(H2,18,23,24). The quantitative estimate of drug-likeness (QED) is 0.687. The summed E-state index contributed by atoms with van der Waals surface area (Å²) in [5.41, 5.74) is -0.400.